The van der Waals surface area contributed by atoms with Crippen molar-refractivity contribution in [1.29, 1.82) is 0 Å². The number of halogens is 1. The van der Waals surface area contributed by atoms with Crippen molar-refractivity contribution in [2.24, 2.45) is 7.05 Å². The highest BCUT2D eigenvalue weighted by molar-refractivity contribution is 5.88. The Balaban J connectivity index is 1.95. The third kappa shape index (κ3) is 3.06. The highest BCUT2D eigenvalue weighted by Crippen LogP contribution is 2.14. The molecule has 19 heavy (non-hydrogen) atoms. The average Bonchev–Trinajstić information content (AvgIpc) is 2.75. The van der Waals surface area contributed by atoms with Crippen molar-refractivity contribution in [1.82, 2.24) is 14.8 Å². The van der Waals surface area contributed by atoms with Crippen LogP contribution in [-0.4, -0.2) is 32.4 Å². The molecule has 0 atom stereocenters. The number of anilines is 1. The number of aryl methyl sites for hydroxylation is 1. The van der Waals surface area contributed by atoms with E-state index in [0.717, 1.165) is 5.82 Å². The molecule has 0 aliphatic heterocycles. The molecule has 0 saturated heterocycles. The Kier molecular flexibility index (Phi) is 3.74. The van der Waals surface area contributed by atoms with Crippen LogP contribution in [0.2, 0.25) is 0 Å². The molecule has 0 unspecified atom stereocenters. The van der Waals surface area contributed by atoms with Gasteiger partial charge in [-0.2, -0.15) is 0 Å². The number of hydrogen-bond acceptors (Lipinski definition) is 4. The summed E-state index contributed by atoms with van der Waals surface area (Å²) in [6.45, 7) is 0.554. The van der Waals surface area contributed by atoms with E-state index in [9.17, 15) is 9.18 Å². The van der Waals surface area contributed by atoms with Crippen molar-refractivity contribution in [3.05, 3.63) is 41.7 Å². The van der Waals surface area contributed by atoms with Gasteiger partial charge in [-0.15, -0.1) is 10.2 Å². The predicted octanol–water partition coefficient (Wildman–Crippen LogP) is 1.31. The quantitative estimate of drug-likeness (QED) is 0.851. The number of carboxylic acids is 1. The first-order valence-electron chi connectivity index (χ1n) is 5.67. The Morgan fingerprint density at radius 2 is 2.32 bits per heavy atom. The van der Waals surface area contributed by atoms with Crippen molar-refractivity contribution in [3.63, 3.8) is 0 Å². The minimum atomic E-state index is -1.27. The maximum absolute atomic E-state index is 13.4. The standard InChI is InChI=1S/C12H13FN4O2/c1-17-7-15-16-11(17)4-5-14-8-2-3-9(12(18)19)10(13)6-8/h2-3,6-7,14H,4-5H2,1H3,(H,18,19). The summed E-state index contributed by atoms with van der Waals surface area (Å²) in [6.07, 6.45) is 2.25. The molecule has 0 spiro atoms. The molecule has 100 valence electrons. The molecule has 0 radical (unpaired) electrons. The highest BCUT2D eigenvalue weighted by Gasteiger charge is 2.10. The molecule has 7 heteroatoms. The Morgan fingerprint density at radius 3 is 2.89 bits per heavy atom. The van der Waals surface area contributed by atoms with E-state index >= 15 is 0 Å². The number of hydrogen-bond donors (Lipinski definition) is 2. The Labute approximate surface area is 108 Å². The van der Waals surface area contributed by atoms with Gasteiger partial charge in [0.1, 0.15) is 18.0 Å². The van der Waals surface area contributed by atoms with Crippen LogP contribution in [0.5, 0.6) is 0 Å². The summed E-state index contributed by atoms with van der Waals surface area (Å²) in [5.41, 5.74) is 0.198. The van der Waals surface area contributed by atoms with Gasteiger partial charge < -0.3 is 15.0 Å². The zero-order chi connectivity index (χ0) is 13.8. The number of nitrogens with one attached hydrogen (secondary N) is 1. The van der Waals surface area contributed by atoms with Crippen LogP contribution >= 0.6 is 0 Å². The number of nitrogens with zero attached hydrogens (tertiary/aromatic N) is 3. The van der Waals surface area contributed by atoms with Crippen LogP contribution in [0, 0.1) is 5.82 Å². The summed E-state index contributed by atoms with van der Waals surface area (Å²) in [5.74, 6) is -1.21. The Bertz CT molecular complexity index is 597. The van der Waals surface area contributed by atoms with Gasteiger partial charge in [0.25, 0.3) is 0 Å². The molecule has 2 N–H and O–H groups in total. The molecule has 1 aromatic carbocycles. The molecular formula is C12H13FN4O2. The maximum atomic E-state index is 13.4. The highest BCUT2D eigenvalue weighted by atomic mass is 19.1. The van der Waals surface area contributed by atoms with Crippen LogP contribution in [0.4, 0.5) is 10.1 Å². The molecule has 0 aliphatic carbocycles. The van der Waals surface area contributed by atoms with Gasteiger partial charge in [-0.3, -0.25) is 0 Å². The molecular weight excluding hydrogens is 251 g/mol. The summed E-state index contributed by atoms with van der Waals surface area (Å²) in [7, 11) is 1.84. The zero-order valence-corrected chi connectivity index (χ0v) is 10.3. The van der Waals surface area contributed by atoms with Crippen molar-refractivity contribution < 1.29 is 14.3 Å². The van der Waals surface area contributed by atoms with E-state index in [1.165, 1.54) is 18.2 Å². The summed E-state index contributed by atoms with van der Waals surface area (Å²) in [4.78, 5) is 10.7. The molecule has 0 aliphatic rings. The second kappa shape index (κ2) is 5.47. The minimum absolute atomic E-state index is 0.334. The number of carbonyl (C=O) groups is 1. The van der Waals surface area contributed by atoms with E-state index < -0.39 is 11.8 Å². The van der Waals surface area contributed by atoms with Crippen molar-refractivity contribution in [2.45, 2.75) is 6.42 Å². The van der Waals surface area contributed by atoms with Crippen LogP contribution in [0.3, 0.4) is 0 Å². The Morgan fingerprint density at radius 1 is 1.53 bits per heavy atom. The number of aromatic nitrogens is 3. The van der Waals surface area contributed by atoms with E-state index in [1.54, 1.807) is 10.9 Å². The lowest BCUT2D eigenvalue weighted by Gasteiger charge is -2.07. The number of carboxylic acid groups (broad SMARTS) is 1. The van der Waals surface area contributed by atoms with Gasteiger partial charge in [0, 0.05) is 25.7 Å². The number of benzene rings is 1. The minimum Gasteiger partial charge on any atom is -0.478 e. The molecule has 2 aromatic rings. The second-order valence-electron chi connectivity index (χ2n) is 4.03. The first kappa shape index (κ1) is 13.0. The average molecular weight is 264 g/mol. The molecule has 1 heterocycles. The first-order valence-corrected chi connectivity index (χ1v) is 5.67. The van der Waals surface area contributed by atoms with Gasteiger partial charge in [-0.25, -0.2) is 9.18 Å². The normalized spacial score (nSPS) is 10.4. The second-order valence-corrected chi connectivity index (χ2v) is 4.03. The fourth-order valence-electron chi connectivity index (χ4n) is 1.65. The lowest BCUT2D eigenvalue weighted by atomic mass is 10.2. The van der Waals surface area contributed by atoms with E-state index in [2.05, 4.69) is 15.5 Å². The largest absolute Gasteiger partial charge is 0.478 e. The van der Waals surface area contributed by atoms with Gasteiger partial charge in [0.15, 0.2) is 0 Å². The van der Waals surface area contributed by atoms with E-state index in [-0.39, 0.29) is 5.56 Å². The summed E-state index contributed by atoms with van der Waals surface area (Å²) in [6, 6.07) is 3.94. The molecule has 0 amide bonds. The predicted molar refractivity (Wildman–Crippen MR) is 66.6 cm³/mol. The fourth-order valence-corrected chi connectivity index (χ4v) is 1.65. The molecule has 6 nitrogen and oxygen atoms in total. The zero-order valence-electron chi connectivity index (χ0n) is 10.3. The summed E-state index contributed by atoms with van der Waals surface area (Å²) < 4.78 is 15.2. The van der Waals surface area contributed by atoms with Gasteiger partial charge in [0.05, 0.1) is 5.56 Å². The third-order valence-electron chi connectivity index (χ3n) is 2.68. The van der Waals surface area contributed by atoms with Crippen LogP contribution in [0.1, 0.15) is 16.2 Å². The van der Waals surface area contributed by atoms with E-state index in [0.29, 0.717) is 18.7 Å². The molecule has 0 saturated carbocycles. The summed E-state index contributed by atoms with van der Waals surface area (Å²) >= 11 is 0. The van der Waals surface area contributed by atoms with Crippen molar-refractivity contribution in [3.8, 4) is 0 Å². The monoisotopic (exact) mass is 264 g/mol. The van der Waals surface area contributed by atoms with Gasteiger partial charge >= 0.3 is 5.97 Å². The van der Waals surface area contributed by atoms with Gasteiger partial charge in [0.2, 0.25) is 0 Å². The van der Waals surface area contributed by atoms with Crippen LogP contribution in [-0.2, 0) is 13.5 Å². The van der Waals surface area contributed by atoms with E-state index in [4.69, 9.17) is 5.11 Å². The van der Waals surface area contributed by atoms with E-state index in [1.807, 2.05) is 7.05 Å². The summed E-state index contributed by atoms with van der Waals surface area (Å²) in [5, 5.41) is 19.4. The van der Waals surface area contributed by atoms with Gasteiger partial charge in [-0.05, 0) is 18.2 Å². The SMILES string of the molecule is Cn1cnnc1CCNc1ccc(C(=O)O)c(F)c1. The fraction of sp³-hybridized carbons (Fsp3) is 0.250. The molecule has 1 aromatic heterocycles. The lowest BCUT2D eigenvalue weighted by Crippen LogP contribution is -2.09. The topological polar surface area (TPSA) is 80.0 Å². The van der Waals surface area contributed by atoms with Crippen molar-refractivity contribution >= 4 is 11.7 Å². The molecule has 0 fully saturated rings. The maximum Gasteiger partial charge on any atom is 0.338 e. The van der Waals surface area contributed by atoms with Crippen LogP contribution in [0.25, 0.3) is 0 Å². The van der Waals surface area contributed by atoms with Gasteiger partial charge in [-0.1, -0.05) is 0 Å². The lowest BCUT2D eigenvalue weighted by molar-refractivity contribution is 0.0692. The smallest absolute Gasteiger partial charge is 0.338 e. The van der Waals surface area contributed by atoms with Crippen LogP contribution < -0.4 is 5.32 Å². The third-order valence-corrected chi connectivity index (χ3v) is 2.68. The Hall–Kier alpha value is -2.44. The van der Waals surface area contributed by atoms with Crippen LogP contribution in [0.15, 0.2) is 24.5 Å². The molecule has 2 rings (SSSR count). The first-order chi connectivity index (χ1) is 9.08. The van der Waals surface area contributed by atoms with Crippen molar-refractivity contribution in [2.75, 3.05) is 11.9 Å². The molecule has 0 bridgehead atoms. The number of rotatable bonds is 5. The number of aromatic carboxylic acids is 1.